The molecule has 2 fully saturated rings. The summed E-state index contributed by atoms with van der Waals surface area (Å²) in [6.07, 6.45) is 2.87. The Morgan fingerprint density at radius 3 is 2.24 bits per heavy atom. The van der Waals surface area contributed by atoms with E-state index in [2.05, 4.69) is 30.7 Å². The second-order valence-corrected chi connectivity index (χ2v) is 5.88. The highest BCUT2D eigenvalue weighted by Gasteiger charge is 2.35. The van der Waals surface area contributed by atoms with Gasteiger partial charge in [0.25, 0.3) is 0 Å². The van der Waals surface area contributed by atoms with Crippen molar-refractivity contribution in [3.8, 4) is 0 Å². The SMILES string of the molecule is CC1CN(C(=O)C2CCC(N)C2)CC(C)N1C. The summed E-state index contributed by atoms with van der Waals surface area (Å²) in [5.41, 5.74) is 5.89. The number of carbonyl (C=O) groups excluding carboxylic acids is 1. The summed E-state index contributed by atoms with van der Waals surface area (Å²) in [6.45, 7) is 6.11. The maximum Gasteiger partial charge on any atom is 0.225 e. The first-order valence-electron chi connectivity index (χ1n) is 6.75. The predicted octanol–water partition coefficient (Wildman–Crippen LogP) is 0.665. The number of rotatable bonds is 1. The van der Waals surface area contributed by atoms with Crippen molar-refractivity contribution in [1.82, 2.24) is 9.80 Å². The normalized spacial score (nSPS) is 39.6. The number of carbonyl (C=O) groups is 1. The molecule has 1 amide bonds. The van der Waals surface area contributed by atoms with Crippen LogP contribution in [0.5, 0.6) is 0 Å². The van der Waals surface area contributed by atoms with Crippen LogP contribution >= 0.6 is 0 Å². The van der Waals surface area contributed by atoms with Gasteiger partial charge in [-0.1, -0.05) is 0 Å². The molecule has 4 heteroatoms. The molecule has 1 heterocycles. The molecule has 98 valence electrons. The molecule has 17 heavy (non-hydrogen) atoms. The van der Waals surface area contributed by atoms with Gasteiger partial charge in [-0.05, 0) is 40.2 Å². The summed E-state index contributed by atoms with van der Waals surface area (Å²) < 4.78 is 0. The molecule has 0 spiro atoms. The molecule has 1 aliphatic heterocycles. The molecule has 1 saturated carbocycles. The van der Waals surface area contributed by atoms with Crippen molar-refractivity contribution in [3.63, 3.8) is 0 Å². The standard InChI is InChI=1S/C13H25N3O/c1-9-7-16(8-10(2)15(9)3)13(17)11-4-5-12(14)6-11/h9-12H,4-8,14H2,1-3H3. The Labute approximate surface area is 104 Å². The van der Waals surface area contributed by atoms with Gasteiger partial charge in [-0.3, -0.25) is 9.69 Å². The first-order chi connectivity index (χ1) is 7.99. The molecule has 2 rings (SSSR count). The molecule has 2 aliphatic rings. The van der Waals surface area contributed by atoms with Gasteiger partial charge in [0, 0.05) is 37.1 Å². The fourth-order valence-electron chi connectivity index (χ4n) is 3.08. The van der Waals surface area contributed by atoms with Crippen molar-refractivity contribution in [2.75, 3.05) is 20.1 Å². The lowest BCUT2D eigenvalue weighted by Gasteiger charge is -2.43. The molecule has 4 unspecified atom stereocenters. The van der Waals surface area contributed by atoms with E-state index in [4.69, 9.17) is 5.73 Å². The van der Waals surface area contributed by atoms with Crippen molar-refractivity contribution in [1.29, 1.82) is 0 Å². The van der Waals surface area contributed by atoms with Crippen LogP contribution in [0.25, 0.3) is 0 Å². The van der Waals surface area contributed by atoms with Gasteiger partial charge in [0.2, 0.25) is 5.91 Å². The summed E-state index contributed by atoms with van der Waals surface area (Å²) >= 11 is 0. The van der Waals surface area contributed by atoms with Crippen LogP contribution in [-0.4, -0.2) is 54.0 Å². The lowest BCUT2D eigenvalue weighted by atomic mass is 10.0. The second-order valence-electron chi connectivity index (χ2n) is 5.88. The van der Waals surface area contributed by atoms with Crippen LogP contribution in [0.1, 0.15) is 33.1 Å². The van der Waals surface area contributed by atoms with Gasteiger partial charge in [-0.25, -0.2) is 0 Å². The molecule has 1 saturated heterocycles. The zero-order valence-electron chi connectivity index (χ0n) is 11.2. The number of nitrogens with two attached hydrogens (primary N) is 1. The summed E-state index contributed by atoms with van der Waals surface area (Å²) in [4.78, 5) is 16.8. The fraction of sp³-hybridized carbons (Fsp3) is 0.923. The monoisotopic (exact) mass is 239 g/mol. The first kappa shape index (κ1) is 12.8. The topological polar surface area (TPSA) is 49.6 Å². The van der Waals surface area contributed by atoms with Crippen LogP contribution in [0.15, 0.2) is 0 Å². The maximum atomic E-state index is 12.4. The predicted molar refractivity (Wildman–Crippen MR) is 68.6 cm³/mol. The smallest absolute Gasteiger partial charge is 0.225 e. The Bertz CT molecular complexity index is 282. The highest BCUT2D eigenvalue weighted by molar-refractivity contribution is 5.79. The molecule has 0 aromatic carbocycles. The zero-order valence-corrected chi connectivity index (χ0v) is 11.2. The van der Waals surface area contributed by atoms with Crippen molar-refractivity contribution < 1.29 is 4.79 Å². The van der Waals surface area contributed by atoms with Gasteiger partial charge in [0.15, 0.2) is 0 Å². The van der Waals surface area contributed by atoms with E-state index in [1.54, 1.807) is 0 Å². The number of nitrogens with zero attached hydrogens (tertiary/aromatic N) is 2. The fourth-order valence-corrected chi connectivity index (χ4v) is 3.08. The van der Waals surface area contributed by atoms with E-state index in [1.165, 1.54) is 0 Å². The summed E-state index contributed by atoms with van der Waals surface area (Å²) in [5.74, 6) is 0.526. The molecule has 4 nitrogen and oxygen atoms in total. The zero-order chi connectivity index (χ0) is 12.6. The largest absolute Gasteiger partial charge is 0.339 e. The molecular weight excluding hydrogens is 214 g/mol. The molecule has 1 aliphatic carbocycles. The van der Waals surface area contributed by atoms with E-state index in [-0.39, 0.29) is 12.0 Å². The van der Waals surface area contributed by atoms with Crippen molar-refractivity contribution in [2.45, 2.75) is 51.2 Å². The van der Waals surface area contributed by atoms with Crippen molar-refractivity contribution >= 4 is 5.91 Å². The van der Waals surface area contributed by atoms with Gasteiger partial charge in [0.1, 0.15) is 0 Å². The minimum atomic E-state index is 0.188. The lowest BCUT2D eigenvalue weighted by Crippen LogP contribution is -2.57. The molecule has 2 N–H and O–H groups in total. The molecule has 4 atom stereocenters. The highest BCUT2D eigenvalue weighted by Crippen LogP contribution is 2.27. The van der Waals surface area contributed by atoms with Crippen LogP contribution < -0.4 is 5.73 Å². The minimum absolute atomic E-state index is 0.188. The summed E-state index contributed by atoms with van der Waals surface area (Å²) in [7, 11) is 2.14. The number of likely N-dealkylation sites (N-methyl/N-ethyl adjacent to an activating group) is 1. The third-order valence-corrected chi connectivity index (χ3v) is 4.49. The van der Waals surface area contributed by atoms with E-state index >= 15 is 0 Å². The Kier molecular flexibility index (Phi) is 3.73. The number of amides is 1. The molecule has 0 aromatic rings. The van der Waals surface area contributed by atoms with Crippen molar-refractivity contribution in [3.05, 3.63) is 0 Å². The quantitative estimate of drug-likeness (QED) is 0.731. The van der Waals surface area contributed by atoms with Crippen molar-refractivity contribution in [2.24, 2.45) is 11.7 Å². The third-order valence-electron chi connectivity index (χ3n) is 4.49. The van der Waals surface area contributed by atoms with E-state index in [0.717, 1.165) is 32.4 Å². The Morgan fingerprint density at radius 2 is 1.76 bits per heavy atom. The average Bonchev–Trinajstić information content (AvgIpc) is 2.71. The van der Waals surface area contributed by atoms with Gasteiger partial charge >= 0.3 is 0 Å². The average molecular weight is 239 g/mol. The van der Waals surface area contributed by atoms with Gasteiger partial charge in [-0.2, -0.15) is 0 Å². The summed E-state index contributed by atoms with van der Waals surface area (Å²) in [6, 6.07) is 1.15. The number of hydrogen-bond acceptors (Lipinski definition) is 3. The van der Waals surface area contributed by atoms with Crippen LogP contribution in [0.3, 0.4) is 0 Å². The number of hydrogen-bond donors (Lipinski definition) is 1. The summed E-state index contributed by atoms with van der Waals surface area (Å²) in [5, 5.41) is 0. The molecular formula is C13H25N3O. The van der Waals surface area contributed by atoms with Gasteiger partial charge < -0.3 is 10.6 Å². The van der Waals surface area contributed by atoms with E-state index in [9.17, 15) is 4.79 Å². The Balaban J connectivity index is 1.96. The molecule has 0 aromatic heterocycles. The number of piperazine rings is 1. The van der Waals surface area contributed by atoms with Crippen LogP contribution in [0.2, 0.25) is 0 Å². The maximum absolute atomic E-state index is 12.4. The molecule has 0 bridgehead atoms. The van der Waals surface area contributed by atoms with Gasteiger partial charge in [-0.15, -0.1) is 0 Å². The van der Waals surface area contributed by atoms with Crippen LogP contribution in [0, 0.1) is 5.92 Å². The van der Waals surface area contributed by atoms with Gasteiger partial charge in [0.05, 0.1) is 0 Å². The lowest BCUT2D eigenvalue weighted by molar-refractivity contribution is -0.139. The minimum Gasteiger partial charge on any atom is -0.339 e. The van der Waals surface area contributed by atoms with E-state index in [0.29, 0.717) is 18.0 Å². The highest BCUT2D eigenvalue weighted by atomic mass is 16.2. The second kappa shape index (κ2) is 4.94. The van der Waals surface area contributed by atoms with Crippen LogP contribution in [-0.2, 0) is 4.79 Å². The van der Waals surface area contributed by atoms with E-state index in [1.807, 2.05) is 0 Å². The van der Waals surface area contributed by atoms with Crippen LogP contribution in [0.4, 0.5) is 0 Å². The Morgan fingerprint density at radius 1 is 1.18 bits per heavy atom. The Hall–Kier alpha value is -0.610. The molecule has 0 radical (unpaired) electrons. The third kappa shape index (κ3) is 2.63. The first-order valence-corrected chi connectivity index (χ1v) is 6.75. The van der Waals surface area contributed by atoms with E-state index < -0.39 is 0 Å².